The summed E-state index contributed by atoms with van der Waals surface area (Å²) in [7, 11) is -2.94. The summed E-state index contributed by atoms with van der Waals surface area (Å²) in [5.74, 6) is 0.401. The van der Waals surface area contributed by atoms with Crippen LogP contribution in [-0.2, 0) is 16.3 Å². The molecule has 102 valence electrons. The lowest BCUT2D eigenvalue weighted by Gasteiger charge is -2.12. The lowest BCUT2D eigenvalue weighted by Crippen LogP contribution is -2.27. The molecule has 1 aromatic rings. The van der Waals surface area contributed by atoms with Gasteiger partial charge in [0.2, 0.25) is 0 Å². The molecule has 0 spiro atoms. The molecule has 0 radical (unpaired) electrons. The Morgan fingerprint density at radius 1 is 1.28 bits per heavy atom. The van der Waals surface area contributed by atoms with Crippen molar-refractivity contribution in [3.05, 3.63) is 34.9 Å². The minimum Gasteiger partial charge on any atom is -0.327 e. The molecule has 1 atom stereocenters. The fourth-order valence-corrected chi connectivity index (χ4v) is 3.49. The number of nitrogens with two attached hydrogens (primary N) is 1. The summed E-state index contributed by atoms with van der Waals surface area (Å²) in [5, 5.41) is 0.685. The number of hydrogen-bond donors (Lipinski definition) is 1. The van der Waals surface area contributed by atoms with Crippen LogP contribution in [-0.4, -0.2) is 26.0 Å². The Morgan fingerprint density at radius 3 is 2.56 bits per heavy atom. The van der Waals surface area contributed by atoms with Crippen molar-refractivity contribution in [3.8, 4) is 0 Å². The Balaban J connectivity index is 2.48. The summed E-state index contributed by atoms with van der Waals surface area (Å²) in [6.45, 7) is 1.86. The third-order valence-electron chi connectivity index (χ3n) is 2.75. The van der Waals surface area contributed by atoms with Gasteiger partial charge < -0.3 is 5.73 Å². The molecule has 0 saturated carbocycles. The van der Waals surface area contributed by atoms with Crippen molar-refractivity contribution in [2.24, 2.45) is 5.73 Å². The van der Waals surface area contributed by atoms with Crippen molar-refractivity contribution in [1.29, 1.82) is 0 Å². The molecule has 0 amide bonds. The Labute approximate surface area is 114 Å². The highest BCUT2D eigenvalue weighted by Gasteiger charge is 2.13. The topological polar surface area (TPSA) is 60.2 Å². The first-order valence-corrected chi connectivity index (χ1v) is 8.34. The standard InChI is InChI=1S/C13H20ClNO2S/c1-2-8-18(16,17)9-7-12(15)10-11-5-3-4-6-13(11)14/h3-6,12H,2,7-10,15H2,1H3. The van der Waals surface area contributed by atoms with Crippen LogP contribution in [0.4, 0.5) is 0 Å². The second-order valence-electron chi connectivity index (χ2n) is 4.50. The average molecular weight is 290 g/mol. The van der Waals surface area contributed by atoms with Crippen molar-refractivity contribution >= 4 is 21.4 Å². The largest absolute Gasteiger partial charge is 0.327 e. The number of benzene rings is 1. The fraction of sp³-hybridized carbons (Fsp3) is 0.538. The van der Waals surface area contributed by atoms with Crippen LogP contribution in [0, 0.1) is 0 Å². The molecule has 0 saturated heterocycles. The molecule has 0 aliphatic heterocycles. The molecule has 0 aromatic heterocycles. The molecule has 0 heterocycles. The van der Waals surface area contributed by atoms with E-state index in [0.717, 1.165) is 5.56 Å². The Kier molecular flexibility index (Phi) is 6.12. The number of hydrogen-bond acceptors (Lipinski definition) is 3. The SMILES string of the molecule is CCCS(=O)(=O)CCC(N)Cc1ccccc1Cl. The van der Waals surface area contributed by atoms with Crippen LogP contribution in [0.5, 0.6) is 0 Å². The van der Waals surface area contributed by atoms with Crippen LogP contribution in [0.2, 0.25) is 5.02 Å². The van der Waals surface area contributed by atoms with E-state index in [1.54, 1.807) is 0 Å². The summed E-state index contributed by atoms with van der Waals surface area (Å²) in [6.07, 6.45) is 1.75. The van der Waals surface area contributed by atoms with Gasteiger partial charge in [-0.05, 0) is 30.9 Å². The van der Waals surface area contributed by atoms with Crippen LogP contribution < -0.4 is 5.73 Å². The molecule has 1 unspecified atom stereocenters. The number of rotatable bonds is 7. The summed E-state index contributed by atoms with van der Waals surface area (Å²) >= 11 is 6.03. The van der Waals surface area contributed by atoms with E-state index in [2.05, 4.69) is 0 Å². The van der Waals surface area contributed by atoms with Crippen molar-refractivity contribution in [1.82, 2.24) is 0 Å². The molecule has 18 heavy (non-hydrogen) atoms. The molecule has 5 heteroatoms. The van der Waals surface area contributed by atoms with Gasteiger partial charge in [0.05, 0.1) is 5.75 Å². The zero-order valence-corrected chi connectivity index (χ0v) is 12.2. The highest BCUT2D eigenvalue weighted by molar-refractivity contribution is 7.91. The van der Waals surface area contributed by atoms with Crippen molar-refractivity contribution in [2.75, 3.05) is 11.5 Å². The van der Waals surface area contributed by atoms with E-state index in [-0.39, 0.29) is 17.5 Å². The maximum absolute atomic E-state index is 11.6. The van der Waals surface area contributed by atoms with Crippen molar-refractivity contribution in [2.45, 2.75) is 32.2 Å². The molecular formula is C13H20ClNO2S. The van der Waals surface area contributed by atoms with E-state index in [0.29, 0.717) is 24.3 Å². The third kappa shape index (κ3) is 5.38. The molecular weight excluding hydrogens is 270 g/mol. The first-order chi connectivity index (χ1) is 8.44. The van der Waals surface area contributed by atoms with Crippen molar-refractivity contribution in [3.63, 3.8) is 0 Å². The lowest BCUT2D eigenvalue weighted by atomic mass is 10.1. The summed E-state index contributed by atoms with van der Waals surface area (Å²) < 4.78 is 23.1. The second-order valence-corrected chi connectivity index (χ2v) is 7.21. The van der Waals surface area contributed by atoms with Gasteiger partial charge in [0, 0.05) is 16.8 Å². The van der Waals surface area contributed by atoms with Crippen LogP contribution in [0.1, 0.15) is 25.3 Å². The summed E-state index contributed by atoms with van der Waals surface area (Å²) in [6, 6.07) is 7.34. The molecule has 0 aliphatic carbocycles. The van der Waals surface area contributed by atoms with E-state index in [1.165, 1.54) is 0 Å². The smallest absolute Gasteiger partial charge is 0.150 e. The van der Waals surface area contributed by atoms with E-state index in [4.69, 9.17) is 17.3 Å². The van der Waals surface area contributed by atoms with E-state index < -0.39 is 9.84 Å². The quantitative estimate of drug-likeness (QED) is 0.838. The van der Waals surface area contributed by atoms with Gasteiger partial charge in [-0.2, -0.15) is 0 Å². The van der Waals surface area contributed by atoms with Gasteiger partial charge in [0.15, 0.2) is 0 Å². The van der Waals surface area contributed by atoms with Gasteiger partial charge in [0.1, 0.15) is 9.84 Å². The lowest BCUT2D eigenvalue weighted by molar-refractivity contribution is 0.579. The zero-order valence-electron chi connectivity index (χ0n) is 10.6. The monoisotopic (exact) mass is 289 g/mol. The van der Waals surface area contributed by atoms with Crippen LogP contribution in [0.3, 0.4) is 0 Å². The average Bonchev–Trinajstić information content (AvgIpc) is 2.30. The van der Waals surface area contributed by atoms with Gasteiger partial charge in [-0.1, -0.05) is 36.7 Å². The Hall–Kier alpha value is -0.580. The van der Waals surface area contributed by atoms with E-state index in [1.807, 2.05) is 31.2 Å². The molecule has 0 aliphatic rings. The van der Waals surface area contributed by atoms with Gasteiger partial charge in [-0.3, -0.25) is 0 Å². The maximum Gasteiger partial charge on any atom is 0.150 e. The normalized spacial score (nSPS) is 13.5. The van der Waals surface area contributed by atoms with Gasteiger partial charge in [0.25, 0.3) is 0 Å². The predicted octanol–water partition coefficient (Wildman–Crippen LogP) is 2.42. The molecule has 0 fully saturated rings. The molecule has 1 aromatic carbocycles. The highest BCUT2D eigenvalue weighted by Crippen LogP contribution is 2.17. The minimum atomic E-state index is -2.94. The Morgan fingerprint density at radius 2 is 1.94 bits per heavy atom. The van der Waals surface area contributed by atoms with Crippen LogP contribution in [0.25, 0.3) is 0 Å². The van der Waals surface area contributed by atoms with Crippen LogP contribution >= 0.6 is 11.6 Å². The zero-order chi connectivity index (χ0) is 13.6. The van der Waals surface area contributed by atoms with Gasteiger partial charge in [-0.15, -0.1) is 0 Å². The number of halogens is 1. The first kappa shape index (κ1) is 15.5. The molecule has 3 nitrogen and oxygen atoms in total. The van der Waals surface area contributed by atoms with E-state index >= 15 is 0 Å². The maximum atomic E-state index is 11.6. The predicted molar refractivity (Wildman–Crippen MR) is 76.7 cm³/mol. The fourth-order valence-electron chi connectivity index (χ4n) is 1.79. The Bertz CT molecular complexity index is 474. The number of sulfone groups is 1. The molecule has 0 bridgehead atoms. The highest BCUT2D eigenvalue weighted by atomic mass is 35.5. The molecule has 2 N–H and O–H groups in total. The van der Waals surface area contributed by atoms with Gasteiger partial charge in [-0.25, -0.2) is 8.42 Å². The third-order valence-corrected chi connectivity index (χ3v) is 5.01. The minimum absolute atomic E-state index is 0.159. The second kappa shape index (κ2) is 7.12. The van der Waals surface area contributed by atoms with Crippen molar-refractivity contribution < 1.29 is 8.42 Å². The summed E-state index contributed by atoms with van der Waals surface area (Å²) in [4.78, 5) is 0. The first-order valence-electron chi connectivity index (χ1n) is 6.14. The summed E-state index contributed by atoms with van der Waals surface area (Å²) in [5.41, 5.74) is 6.93. The van der Waals surface area contributed by atoms with Crippen LogP contribution in [0.15, 0.2) is 24.3 Å². The van der Waals surface area contributed by atoms with E-state index in [9.17, 15) is 8.42 Å². The molecule has 1 rings (SSSR count). The van der Waals surface area contributed by atoms with Gasteiger partial charge >= 0.3 is 0 Å².